The number of hydrogen-bond donors (Lipinski definition) is 0. The van der Waals surface area contributed by atoms with Crippen LogP contribution in [0.1, 0.15) is 26.7 Å². The van der Waals surface area contributed by atoms with Crippen molar-refractivity contribution in [2.75, 3.05) is 6.54 Å². The third-order valence-corrected chi connectivity index (χ3v) is 3.42. The molecule has 1 atom stereocenters. The molecule has 0 aliphatic carbocycles. The van der Waals surface area contributed by atoms with Gasteiger partial charge in [-0.05, 0) is 24.5 Å². The van der Waals surface area contributed by atoms with Gasteiger partial charge < -0.3 is 9.64 Å². The fourth-order valence-corrected chi connectivity index (χ4v) is 2.45. The van der Waals surface area contributed by atoms with Gasteiger partial charge in [-0.3, -0.25) is 4.79 Å². The zero-order chi connectivity index (χ0) is 15.6. The smallest absolute Gasteiger partial charge is 0.334 e. The van der Waals surface area contributed by atoms with Crippen molar-refractivity contribution in [3.05, 3.63) is 29.8 Å². The molecule has 1 aliphatic heterocycles. The predicted molar refractivity (Wildman–Crippen MR) is 71.6 cm³/mol. The van der Waals surface area contributed by atoms with E-state index < -0.39 is 29.4 Å². The van der Waals surface area contributed by atoms with Gasteiger partial charge in [-0.15, -0.1) is 0 Å². The van der Waals surface area contributed by atoms with Gasteiger partial charge in [-0.1, -0.05) is 13.8 Å². The van der Waals surface area contributed by atoms with Crippen LogP contribution in [0.5, 0.6) is 5.75 Å². The summed E-state index contributed by atoms with van der Waals surface area (Å²) >= 11 is 0. The molecule has 1 fully saturated rings. The average molecular weight is 297 g/mol. The molecule has 21 heavy (non-hydrogen) atoms. The minimum Gasteiger partial charge on any atom is -0.422 e. The molecule has 0 N–H and O–H groups in total. The van der Waals surface area contributed by atoms with Crippen LogP contribution in [-0.2, 0) is 9.59 Å². The van der Waals surface area contributed by atoms with E-state index in [-0.39, 0.29) is 11.8 Å². The molecule has 0 unspecified atom stereocenters. The monoisotopic (exact) mass is 297 g/mol. The van der Waals surface area contributed by atoms with E-state index in [4.69, 9.17) is 4.74 Å². The molecule has 0 radical (unpaired) electrons. The highest BCUT2D eigenvalue weighted by Crippen LogP contribution is 2.23. The summed E-state index contributed by atoms with van der Waals surface area (Å²) in [6.45, 7) is 4.03. The molecule has 0 spiro atoms. The summed E-state index contributed by atoms with van der Waals surface area (Å²) in [5, 5.41) is 0. The highest BCUT2D eigenvalue weighted by atomic mass is 19.1. The number of esters is 1. The van der Waals surface area contributed by atoms with Gasteiger partial charge >= 0.3 is 5.97 Å². The third kappa shape index (κ3) is 3.37. The van der Waals surface area contributed by atoms with Crippen LogP contribution in [0.25, 0.3) is 0 Å². The van der Waals surface area contributed by atoms with Gasteiger partial charge in [0.2, 0.25) is 5.91 Å². The predicted octanol–water partition coefficient (Wildman–Crippen LogP) is 2.52. The van der Waals surface area contributed by atoms with Crippen LogP contribution in [0.4, 0.5) is 8.78 Å². The number of hydrogen-bond acceptors (Lipinski definition) is 3. The van der Waals surface area contributed by atoms with E-state index in [1.54, 1.807) is 13.8 Å². The lowest BCUT2D eigenvalue weighted by molar-refractivity contribution is -0.148. The molecule has 1 heterocycles. The van der Waals surface area contributed by atoms with Crippen LogP contribution in [-0.4, -0.2) is 29.4 Å². The lowest BCUT2D eigenvalue weighted by atomic mass is 10.0. The average Bonchev–Trinajstić information content (AvgIpc) is 2.80. The molecule has 6 heteroatoms. The Morgan fingerprint density at radius 3 is 2.62 bits per heavy atom. The molecule has 1 aromatic carbocycles. The van der Waals surface area contributed by atoms with E-state index in [0.29, 0.717) is 19.4 Å². The maximum absolute atomic E-state index is 13.5. The Morgan fingerprint density at radius 2 is 2.05 bits per heavy atom. The molecule has 1 amide bonds. The molecule has 0 bridgehead atoms. The van der Waals surface area contributed by atoms with E-state index in [0.717, 1.165) is 18.2 Å². The van der Waals surface area contributed by atoms with Gasteiger partial charge in [0.15, 0.2) is 11.6 Å². The Hall–Kier alpha value is -1.98. The molecular weight excluding hydrogens is 280 g/mol. The van der Waals surface area contributed by atoms with Crippen molar-refractivity contribution < 1.29 is 23.1 Å². The van der Waals surface area contributed by atoms with Crippen molar-refractivity contribution in [2.24, 2.45) is 5.92 Å². The Morgan fingerprint density at radius 1 is 1.33 bits per heavy atom. The van der Waals surface area contributed by atoms with Gasteiger partial charge in [0.25, 0.3) is 0 Å². The van der Waals surface area contributed by atoms with Gasteiger partial charge in [-0.2, -0.15) is 0 Å². The Bertz CT molecular complexity index is 560. The highest BCUT2D eigenvalue weighted by Gasteiger charge is 2.36. The quantitative estimate of drug-likeness (QED) is 0.634. The van der Waals surface area contributed by atoms with Gasteiger partial charge in [0.1, 0.15) is 11.9 Å². The number of nitrogens with zero attached hydrogens (tertiary/aromatic N) is 1. The number of rotatable bonds is 4. The van der Waals surface area contributed by atoms with Crippen molar-refractivity contribution in [3.63, 3.8) is 0 Å². The van der Waals surface area contributed by atoms with E-state index in [2.05, 4.69) is 0 Å². The van der Waals surface area contributed by atoms with Gasteiger partial charge in [0, 0.05) is 19.0 Å². The summed E-state index contributed by atoms with van der Waals surface area (Å²) in [5.41, 5.74) is 0. The van der Waals surface area contributed by atoms with Crippen LogP contribution in [0.2, 0.25) is 0 Å². The fraction of sp³-hybridized carbons (Fsp3) is 0.467. The number of carbonyl (C=O) groups is 2. The largest absolute Gasteiger partial charge is 0.422 e. The second-order valence-corrected chi connectivity index (χ2v) is 5.38. The number of amides is 1. The maximum atomic E-state index is 13.5. The second-order valence-electron chi connectivity index (χ2n) is 5.38. The minimum atomic E-state index is -0.819. The number of likely N-dealkylation sites (tertiary alicyclic amines) is 1. The molecule has 1 aromatic rings. The van der Waals surface area contributed by atoms with Crippen molar-refractivity contribution in [2.45, 2.75) is 32.7 Å². The Balaban J connectivity index is 2.19. The molecule has 114 valence electrons. The number of halogens is 2. The second kappa shape index (κ2) is 6.20. The topological polar surface area (TPSA) is 46.6 Å². The Labute approximate surface area is 121 Å². The first-order chi connectivity index (χ1) is 9.90. The van der Waals surface area contributed by atoms with Crippen LogP contribution in [0.3, 0.4) is 0 Å². The zero-order valence-corrected chi connectivity index (χ0v) is 11.9. The summed E-state index contributed by atoms with van der Waals surface area (Å²) < 4.78 is 31.6. The first-order valence-electron chi connectivity index (χ1n) is 6.86. The van der Waals surface area contributed by atoms with Crippen LogP contribution < -0.4 is 4.74 Å². The molecule has 0 aromatic heterocycles. The summed E-state index contributed by atoms with van der Waals surface area (Å²) in [4.78, 5) is 25.5. The lowest BCUT2D eigenvalue weighted by Gasteiger charge is -2.28. The van der Waals surface area contributed by atoms with Crippen LogP contribution in [0.15, 0.2) is 18.2 Å². The summed E-state index contributed by atoms with van der Waals surface area (Å²) in [6, 6.07) is 1.86. The number of ether oxygens (including phenoxy) is 1. The van der Waals surface area contributed by atoms with Crippen LogP contribution >= 0.6 is 0 Å². The standard InChI is InChI=1S/C15H17F2NO3/c1-9(2)14(18-7-3-4-13(18)19)15(20)21-12-8-10(16)5-6-11(12)17/h5-6,8-9,14H,3-4,7H2,1-2H3/t14-/m0/s1. The first kappa shape index (κ1) is 15.4. The molecular formula is C15H17F2NO3. The van der Waals surface area contributed by atoms with Crippen molar-refractivity contribution in [3.8, 4) is 5.75 Å². The van der Waals surface area contributed by atoms with Crippen LogP contribution in [0, 0.1) is 17.6 Å². The normalized spacial score (nSPS) is 16.4. The molecule has 0 saturated carbocycles. The summed E-state index contributed by atoms with van der Waals surface area (Å²) in [5.74, 6) is -3.03. The molecule has 2 rings (SSSR count). The minimum absolute atomic E-state index is 0.120. The molecule has 1 saturated heterocycles. The fourth-order valence-electron chi connectivity index (χ4n) is 2.45. The lowest BCUT2D eigenvalue weighted by Crippen LogP contribution is -2.47. The summed E-state index contributed by atoms with van der Waals surface area (Å²) in [6.07, 6.45) is 1.08. The first-order valence-corrected chi connectivity index (χ1v) is 6.86. The van der Waals surface area contributed by atoms with Gasteiger partial charge in [0.05, 0.1) is 0 Å². The SMILES string of the molecule is CC(C)[C@@H](C(=O)Oc1cc(F)ccc1F)N1CCCC1=O. The van der Waals surface area contributed by atoms with Gasteiger partial charge in [-0.25, -0.2) is 13.6 Å². The van der Waals surface area contributed by atoms with Crippen molar-refractivity contribution in [1.82, 2.24) is 4.90 Å². The number of benzene rings is 1. The van der Waals surface area contributed by atoms with Crippen molar-refractivity contribution in [1.29, 1.82) is 0 Å². The molecule has 1 aliphatic rings. The molecule has 4 nitrogen and oxygen atoms in total. The number of carbonyl (C=O) groups excluding carboxylic acids is 2. The third-order valence-electron chi connectivity index (χ3n) is 3.42. The van der Waals surface area contributed by atoms with Crippen molar-refractivity contribution >= 4 is 11.9 Å². The van der Waals surface area contributed by atoms with E-state index in [9.17, 15) is 18.4 Å². The van der Waals surface area contributed by atoms with E-state index in [1.807, 2.05) is 0 Å². The zero-order valence-electron chi connectivity index (χ0n) is 11.9. The van der Waals surface area contributed by atoms with E-state index in [1.165, 1.54) is 4.90 Å². The highest BCUT2D eigenvalue weighted by molar-refractivity contribution is 5.87. The maximum Gasteiger partial charge on any atom is 0.334 e. The summed E-state index contributed by atoms with van der Waals surface area (Å²) in [7, 11) is 0. The van der Waals surface area contributed by atoms with E-state index >= 15 is 0 Å². The Kier molecular flexibility index (Phi) is 4.55.